The number of unbranched alkanes of at least 4 members (excludes halogenated alkanes) is 13. The van der Waals surface area contributed by atoms with Gasteiger partial charge in [-0.2, -0.15) is 4.33 Å². The molecule has 0 radical (unpaired) electrons. The molecule has 0 saturated carbocycles. The number of benzene rings is 1. The number of rotatable bonds is 19. The van der Waals surface area contributed by atoms with E-state index in [0.29, 0.717) is 12.2 Å². The Balaban J connectivity index is 2.14. The van der Waals surface area contributed by atoms with Crippen molar-refractivity contribution in [3.8, 4) is 0 Å². The number of hydrogen-bond donors (Lipinski definition) is 0. The SMILES string of the molecule is CCCCCCCCCCCCCCCCSc1c(F)c(F)c(SOO[O-])c(F)c1F. The van der Waals surface area contributed by atoms with Gasteiger partial charge in [-0.15, -0.1) is 11.8 Å². The molecule has 0 spiro atoms. The van der Waals surface area contributed by atoms with Crippen molar-refractivity contribution in [2.75, 3.05) is 5.75 Å². The van der Waals surface area contributed by atoms with Crippen LogP contribution in [-0.2, 0) is 9.37 Å². The van der Waals surface area contributed by atoms with Crippen molar-refractivity contribution >= 4 is 23.8 Å². The first kappa shape index (κ1) is 28.6. The first-order chi connectivity index (χ1) is 15.0. The molecule has 0 aliphatic carbocycles. The minimum atomic E-state index is -1.61. The average Bonchev–Trinajstić information content (AvgIpc) is 2.77. The molecule has 0 N–H and O–H groups in total. The monoisotopic (exact) mass is 485 g/mol. The second kappa shape index (κ2) is 18.0. The molecule has 0 aliphatic heterocycles. The zero-order valence-electron chi connectivity index (χ0n) is 18.2. The fourth-order valence-electron chi connectivity index (χ4n) is 3.31. The van der Waals surface area contributed by atoms with Crippen LogP contribution in [0.2, 0.25) is 0 Å². The summed E-state index contributed by atoms with van der Waals surface area (Å²) in [6.45, 7) is 2.23. The Hall–Kier alpha value is -0.480. The van der Waals surface area contributed by atoms with Gasteiger partial charge in [-0.05, 0) is 12.2 Å². The van der Waals surface area contributed by atoms with Crippen LogP contribution >= 0.6 is 23.8 Å². The molecule has 0 unspecified atom stereocenters. The van der Waals surface area contributed by atoms with Crippen LogP contribution in [0, 0.1) is 23.3 Å². The van der Waals surface area contributed by atoms with Gasteiger partial charge in [0.25, 0.3) is 0 Å². The molecule has 0 heterocycles. The summed E-state index contributed by atoms with van der Waals surface area (Å²) in [7, 11) is 0. The smallest absolute Gasteiger partial charge is 0.179 e. The molecule has 0 aliphatic rings. The molecule has 0 aromatic heterocycles. The lowest BCUT2D eigenvalue weighted by Crippen LogP contribution is -2.05. The minimum Gasteiger partial charge on any atom is -0.691 e. The summed E-state index contributed by atoms with van der Waals surface area (Å²) >= 11 is 0.532. The highest BCUT2D eigenvalue weighted by molar-refractivity contribution is 7.99. The molecule has 180 valence electrons. The summed E-state index contributed by atoms with van der Waals surface area (Å²) in [6.07, 6.45) is 16.8. The fraction of sp³-hybridized carbons (Fsp3) is 0.727. The van der Waals surface area contributed by atoms with Crippen molar-refractivity contribution in [3.63, 3.8) is 0 Å². The van der Waals surface area contributed by atoms with E-state index in [2.05, 4.69) is 16.3 Å². The molecule has 0 saturated heterocycles. The van der Waals surface area contributed by atoms with Crippen LogP contribution in [0.25, 0.3) is 0 Å². The van der Waals surface area contributed by atoms with E-state index in [1.54, 1.807) is 0 Å². The zero-order valence-corrected chi connectivity index (χ0v) is 19.8. The van der Waals surface area contributed by atoms with Crippen molar-refractivity contribution < 1.29 is 32.2 Å². The Morgan fingerprint density at radius 3 is 1.42 bits per heavy atom. The van der Waals surface area contributed by atoms with E-state index in [9.17, 15) is 22.8 Å². The first-order valence-electron chi connectivity index (χ1n) is 11.2. The Labute approximate surface area is 191 Å². The molecule has 1 aromatic rings. The Morgan fingerprint density at radius 1 is 0.613 bits per heavy atom. The zero-order chi connectivity index (χ0) is 22.9. The van der Waals surface area contributed by atoms with Gasteiger partial charge in [0.15, 0.2) is 23.3 Å². The standard InChI is InChI=1S/C22H34F4O3S2/c1-2-3-4-5-6-7-8-9-10-11-12-13-14-15-16-30-21-17(23)19(25)22(31-29-28-27)20(26)18(21)24/h27H,2-16H2,1H3/p-1. The second-order valence-electron chi connectivity index (χ2n) is 7.58. The molecule has 0 fully saturated rings. The molecule has 31 heavy (non-hydrogen) atoms. The van der Waals surface area contributed by atoms with Gasteiger partial charge in [-0.1, -0.05) is 90.4 Å². The normalized spacial score (nSPS) is 11.4. The van der Waals surface area contributed by atoms with Crippen LogP contribution in [0.4, 0.5) is 17.6 Å². The van der Waals surface area contributed by atoms with Crippen LogP contribution in [0.5, 0.6) is 0 Å². The Kier molecular flexibility index (Phi) is 16.6. The summed E-state index contributed by atoms with van der Waals surface area (Å²) < 4.78 is 59.5. The molecule has 3 nitrogen and oxygen atoms in total. The van der Waals surface area contributed by atoms with E-state index in [1.165, 1.54) is 64.2 Å². The molecule has 1 rings (SSSR count). The van der Waals surface area contributed by atoms with Gasteiger partial charge in [-0.3, -0.25) is 5.04 Å². The van der Waals surface area contributed by atoms with E-state index in [1.807, 2.05) is 0 Å². The highest BCUT2D eigenvalue weighted by Crippen LogP contribution is 2.36. The molecule has 1 aromatic carbocycles. The van der Waals surface area contributed by atoms with Gasteiger partial charge in [0.1, 0.15) is 4.90 Å². The molecule has 0 atom stereocenters. The largest absolute Gasteiger partial charge is 0.691 e. The maximum absolute atomic E-state index is 14.0. The van der Waals surface area contributed by atoms with Crippen LogP contribution < -0.4 is 5.26 Å². The lowest BCUT2D eigenvalue weighted by Gasteiger charge is -2.11. The number of thioether (sulfide) groups is 1. The average molecular weight is 486 g/mol. The summed E-state index contributed by atoms with van der Waals surface area (Å²) in [6, 6.07) is 0. The quantitative estimate of drug-likeness (QED) is 0.0377. The van der Waals surface area contributed by atoms with Crippen molar-refractivity contribution in [2.24, 2.45) is 0 Å². The summed E-state index contributed by atoms with van der Waals surface area (Å²) in [4.78, 5) is -1.79. The van der Waals surface area contributed by atoms with Crippen molar-refractivity contribution in [2.45, 2.75) is 107 Å². The van der Waals surface area contributed by atoms with Crippen molar-refractivity contribution in [3.05, 3.63) is 23.3 Å². The number of halogens is 4. The Morgan fingerprint density at radius 2 is 1.00 bits per heavy atom. The predicted molar refractivity (Wildman–Crippen MR) is 115 cm³/mol. The van der Waals surface area contributed by atoms with Crippen LogP contribution in [0.15, 0.2) is 9.79 Å². The number of hydrogen-bond acceptors (Lipinski definition) is 5. The van der Waals surface area contributed by atoms with E-state index >= 15 is 0 Å². The van der Waals surface area contributed by atoms with Crippen molar-refractivity contribution in [1.29, 1.82) is 0 Å². The third kappa shape index (κ3) is 11.3. The van der Waals surface area contributed by atoms with E-state index in [-0.39, 0.29) is 12.0 Å². The lowest BCUT2D eigenvalue weighted by molar-refractivity contribution is -0.777. The summed E-state index contributed by atoms with van der Waals surface area (Å²) in [5.41, 5.74) is 0. The maximum Gasteiger partial charge on any atom is 0.179 e. The van der Waals surface area contributed by atoms with Gasteiger partial charge in [0, 0.05) is 0 Å². The van der Waals surface area contributed by atoms with Crippen LogP contribution in [-0.4, -0.2) is 5.75 Å². The highest BCUT2D eigenvalue weighted by atomic mass is 32.2. The van der Waals surface area contributed by atoms with E-state index < -0.39 is 33.1 Å². The fourth-order valence-corrected chi connectivity index (χ4v) is 4.72. The van der Waals surface area contributed by atoms with Gasteiger partial charge >= 0.3 is 0 Å². The maximum atomic E-state index is 14.0. The third-order valence-corrected chi connectivity index (χ3v) is 6.86. The molecular formula is C22H33F4O3S2-. The van der Waals surface area contributed by atoms with E-state index in [4.69, 9.17) is 0 Å². The minimum absolute atomic E-state index is 0.214. The van der Waals surface area contributed by atoms with Gasteiger partial charge < -0.3 is 5.26 Å². The predicted octanol–water partition coefficient (Wildman–Crippen LogP) is 8.05. The van der Waals surface area contributed by atoms with Gasteiger partial charge in [0.05, 0.1) is 16.9 Å². The second-order valence-corrected chi connectivity index (χ2v) is 9.39. The lowest BCUT2D eigenvalue weighted by atomic mass is 10.0. The molecule has 9 heteroatoms. The summed E-state index contributed by atoms with van der Waals surface area (Å²) in [5, 5.41) is 12.7. The molecule has 0 bridgehead atoms. The van der Waals surface area contributed by atoms with Crippen molar-refractivity contribution in [1.82, 2.24) is 0 Å². The topological polar surface area (TPSA) is 41.5 Å². The van der Waals surface area contributed by atoms with E-state index in [0.717, 1.165) is 31.0 Å². The molecular weight excluding hydrogens is 452 g/mol. The Bertz CT molecular complexity index is 592. The molecule has 0 amide bonds. The first-order valence-corrected chi connectivity index (χ1v) is 12.9. The van der Waals surface area contributed by atoms with Crippen LogP contribution in [0.1, 0.15) is 96.8 Å². The highest BCUT2D eigenvalue weighted by Gasteiger charge is 2.26. The van der Waals surface area contributed by atoms with Gasteiger partial charge in [0.2, 0.25) is 0 Å². The van der Waals surface area contributed by atoms with Crippen LogP contribution in [0.3, 0.4) is 0 Å². The third-order valence-electron chi connectivity index (χ3n) is 5.07. The summed E-state index contributed by atoms with van der Waals surface area (Å²) in [5.74, 6) is -5.84. The van der Waals surface area contributed by atoms with Gasteiger partial charge in [-0.25, -0.2) is 17.6 Å².